The maximum Gasteiger partial charge on any atom is 0.332 e. The van der Waals surface area contributed by atoms with E-state index in [2.05, 4.69) is 4.98 Å². The number of ether oxygens (including phenoxy) is 2. The fraction of sp³-hybridized carbons (Fsp3) is 0.375. The van der Waals surface area contributed by atoms with Gasteiger partial charge in [0.05, 0.1) is 0 Å². The quantitative estimate of drug-likeness (QED) is 0.369. The van der Waals surface area contributed by atoms with E-state index in [0.717, 1.165) is 0 Å². The molecule has 180 valence electrons. The molecule has 0 fully saturated rings. The third-order valence-electron chi connectivity index (χ3n) is 5.07. The number of esters is 2. The minimum atomic E-state index is -0.554. The zero-order valence-electron chi connectivity index (χ0n) is 20.0. The van der Waals surface area contributed by atoms with Crippen LogP contribution in [0.25, 0.3) is 23.3 Å². The Kier molecular flexibility index (Phi) is 7.50. The van der Waals surface area contributed by atoms with Crippen molar-refractivity contribution in [1.82, 2.24) is 18.7 Å². The molecule has 0 saturated carbocycles. The Morgan fingerprint density at radius 3 is 2.18 bits per heavy atom. The summed E-state index contributed by atoms with van der Waals surface area (Å²) in [4.78, 5) is 53.3. The zero-order chi connectivity index (χ0) is 25.0. The van der Waals surface area contributed by atoms with Crippen LogP contribution in [0, 0.1) is 0 Å². The molecule has 0 amide bonds. The Morgan fingerprint density at radius 1 is 0.941 bits per heavy atom. The van der Waals surface area contributed by atoms with E-state index < -0.39 is 11.9 Å². The number of fused-ring (bicyclic) bond motifs is 1. The maximum atomic E-state index is 13.1. The fourth-order valence-corrected chi connectivity index (χ4v) is 3.65. The molecule has 0 unspecified atom stereocenters. The van der Waals surface area contributed by atoms with E-state index in [-0.39, 0.29) is 22.7 Å². The molecule has 3 aromatic rings. The van der Waals surface area contributed by atoms with Crippen LogP contribution in [0.1, 0.15) is 51.9 Å². The second kappa shape index (κ2) is 10.3. The molecule has 10 heteroatoms. The monoisotopic (exact) mass is 468 g/mol. The van der Waals surface area contributed by atoms with Gasteiger partial charge in [-0.05, 0) is 36.6 Å². The van der Waals surface area contributed by atoms with Crippen LogP contribution in [0.15, 0.2) is 27.8 Å². The van der Waals surface area contributed by atoms with E-state index >= 15 is 0 Å². The summed E-state index contributed by atoms with van der Waals surface area (Å²) in [5, 5.41) is 0. The van der Waals surface area contributed by atoms with Gasteiger partial charge in [0.1, 0.15) is 5.82 Å². The first-order chi connectivity index (χ1) is 16.2. The van der Waals surface area contributed by atoms with Crippen LogP contribution in [-0.2, 0) is 29.7 Å². The molecular formula is C24H28N4O6. The van der Waals surface area contributed by atoms with E-state index in [1.807, 2.05) is 13.8 Å². The first-order valence-electron chi connectivity index (χ1n) is 11.1. The van der Waals surface area contributed by atoms with Crippen LogP contribution in [0.4, 0.5) is 0 Å². The van der Waals surface area contributed by atoms with Gasteiger partial charge in [-0.15, -0.1) is 0 Å². The fourth-order valence-electron chi connectivity index (χ4n) is 3.65. The van der Waals surface area contributed by atoms with Crippen molar-refractivity contribution >= 4 is 35.3 Å². The second-order valence-corrected chi connectivity index (χ2v) is 7.82. The summed E-state index contributed by atoms with van der Waals surface area (Å²) >= 11 is 0. The summed E-state index contributed by atoms with van der Waals surface area (Å²) in [6, 6.07) is 4.77. The average Bonchev–Trinajstić information content (AvgIpc) is 3.10. The third-order valence-corrected chi connectivity index (χ3v) is 5.07. The molecule has 10 nitrogen and oxygen atoms in total. The van der Waals surface area contributed by atoms with Gasteiger partial charge in [0.2, 0.25) is 0 Å². The Morgan fingerprint density at radius 2 is 1.56 bits per heavy atom. The van der Waals surface area contributed by atoms with Gasteiger partial charge in [-0.3, -0.25) is 23.5 Å². The van der Waals surface area contributed by atoms with E-state index in [0.29, 0.717) is 48.5 Å². The van der Waals surface area contributed by atoms with Gasteiger partial charge < -0.3 is 14.0 Å². The molecule has 0 N–H and O–H groups in total. The summed E-state index contributed by atoms with van der Waals surface area (Å²) in [7, 11) is 1.72. The molecule has 0 aliphatic rings. The van der Waals surface area contributed by atoms with Gasteiger partial charge in [-0.25, -0.2) is 9.78 Å². The topological polar surface area (TPSA) is 114 Å². The molecular weight excluding hydrogens is 440 g/mol. The number of carbonyl (C=O) groups excluding carboxylic acids is 2. The number of aromatic nitrogens is 4. The molecule has 1 aromatic carbocycles. The number of hydrogen-bond donors (Lipinski definition) is 0. The highest BCUT2D eigenvalue weighted by atomic mass is 16.6. The standard InChI is InChI=1S/C24H28N4O6/c1-6-12-27-22-21(23(31)28(13-7-2)24(27)32)26(5)20(25-22)11-9-17-8-10-18(33-15(3)29)19(14-17)34-16(4)30/h8-11,14H,6-7,12-13H2,1-5H3/b11-9+. The number of nitrogens with zero attached hydrogens (tertiary/aromatic N) is 4. The Labute approximate surface area is 196 Å². The Balaban J connectivity index is 2.10. The highest BCUT2D eigenvalue weighted by molar-refractivity contribution is 5.78. The van der Waals surface area contributed by atoms with Gasteiger partial charge >= 0.3 is 17.6 Å². The van der Waals surface area contributed by atoms with Gasteiger partial charge in [0.15, 0.2) is 22.7 Å². The largest absolute Gasteiger partial charge is 0.423 e. The number of rotatable bonds is 8. The number of imidazole rings is 1. The molecule has 0 saturated heterocycles. The van der Waals surface area contributed by atoms with Crippen molar-refractivity contribution < 1.29 is 19.1 Å². The summed E-state index contributed by atoms with van der Waals surface area (Å²) < 4.78 is 14.7. The lowest BCUT2D eigenvalue weighted by atomic mass is 10.2. The van der Waals surface area contributed by atoms with Crippen molar-refractivity contribution in [2.24, 2.45) is 7.05 Å². The summed E-state index contributed by atoms with van der Waals surface area (Å²) in [6.07, 6.45) is 4.79. The van der Waals surface area contributed by atoms with Gasteiger partial charge in [-0.2, -0.15) is 0 Å². The second-order valence-electron chi connectivity index (χ2n) is 7.82. The van der Waals surface area contributed by atoms with E-state index in [9.17, 15) is 19.2 Å². The van der Waals surface area contributed by atoms with Crippen molar-refractivity contribution in [3.8, 4) is 11.5 Å². The molecule has 2 heterocycles. The van der Waals surface area contributed by atoms with Crippen LogP contribution in [0.2, 0.25) is 0 Å². The van der Waals surface area contributed by atoms with E-state index in [4.69, 9.17) is 9.47 Å². The first-order valence-corrected chi connectivity index (χ1v) is 11.1. The van der Waals surface area contributed by atoms with E-state index in [1.165, 1.54) is 29.0 Å². The lowest BCUT2D eigenvalue weighted by molar-refractivity contribution is -0.134. The molecule has 34 heavy (non-hydrogen) atoms. The molecule has 0 aliphatic carbocycles. The minimum absolute atomic E-state index is 0.106. The highest BCUT2D eigenvalue weighted by Crippen LogP contribution is 2.29. The molecule has 0 spiro atoms. The van der Waals surface area contributed by atoms with Crippen LogP contribution in [0.3, 0.4) is 0 Å². The van der Waals surface area contributed by atoms with Crippen molar-refractivity contribution in [2.75, 3.05) is 0 Å². The molecule has 0 radical (unpaired) electrons. The number of hydrogen-bond acceptors (Lipinski definition) is 7. The highest BCUT2D eigenvalue weighted by Gasteiger charge is 2.18. The molecule has 0 bridgehead atoms. The lowest BCUT2D eigenvalue weighted by Crippen LogP contribution is -2.40. The third kappa shape index (κ3) is 5.00. The number of carbonyl (C=O) groups is 2. The Bertz CT molecular complexity index is 1390. The average molecular weight is 469 g/mol. The van der Waals surface area contributed by atoms with Gasteiger partial charge in [0, 0.05) is 34.0 Å². The molecule has 2 aromatic heterocycles. The van der Waals surface area contributed by atoms with Crippen LogP contribution in [0.5, 0.6) is 11.5 Å². The van der Waals surface area contributed by atoms with Crippen molar-refractivity contribution in [2.45, 2.75) is 53.6 Å². The Hall–Kier alpha value is -3.95. The number of benzene rings is 1. The van der Waals surface area contributed by atoms with Crippen LogP contribution < -0.4 is 20.7 Å². The van der Waals surface area contributed by atoms with Crippen molar-refractivity contribution in [3.63, 3.8) is 0 Å². The molecule has 0 aliphatic heterocycles. The number of aryl methyl sites for hydroxylation is 2. The van der Waals surface area contributed by atoms with Crippen molar-refractivity contribution in [3.05, 3.63) is 50.4 Å². The summed E-state index contributed by atoms with van der Waals surface area (Å²) in [5.74, 6) is -0.384. The smallest absolute Gasteiger partial charge is 0.332 e. The first kappa shape index (κ1) is 24.7. The minimum Gasteiger partial charge on any atom is -0.423 e. The maximum absolute atomic E-state index is 13.1. The van der Waals surface area contributed by atoms with Gasteiger partial charge in [-0.1, -0.05) is 26.0 Å². The van der Waals surface area contributed by atoms with E-state index in [1.54, 1.807) is 35.9 Å². The van der Waals surface area contributed by atoms with Crippen molar-refractivity contribution in [1.29, 1.82) is 0 Å². The molecule has 0 atom stereocenters. The molecule has 3 rings (SSSR count). The SMILES string of the molecule is CCCn1c(=O)c2c(nc(/C=C/c3ccc(OC(C)=O)c(OC(C)=O)c3)n2C)n(CCC)c1=O. The van der Waals surface area contributed by atoms with Gasteiger partial charge in [0.25, 0.3) is 5.56 Å². The summed E-state index contributed by atoms with van der Waals surface area (Å²) in [6.45, 7) is 7.15. The normalized spacial score (nSPS) is 11.3. The van der Waals surface area contributed by atoms with Crippen LogP contribution in [-0.4, -0.2) is 30.6 Å². The zero-order valence-corrected chi connectivity index (χ0v) is 20.0. The van der Waals surface area contributed by atoms with Crippen LogP contribution >= 0.6 is 0 Å². The predicted molar refractivity (Wildman–Crippen MR) is 128 cm³/mol. The summed E-state index contributed by atoms with van der Waals surface area (Å²) in [5.41, 5.74) is 0.617. The lowest BCUT2D eigenvalue weighted by Gasteiger charge is -2.10. The predicted octanol–water partition coefficient (Wildman–Crippen LogP) is 2.74.